The van der Waals surface area contributed by atoms with Gasteiger partial charge in [-0.1, -0.05) is 11.3 Å². The lowest BCUT2D eigenvalue weighted by atomic mass is 10.0. The predicted molar refractivity (Wildman–Crippen MR) is 71.1 cm³/mol. The van der Waals surface area contributed by atoms with Crippen molar-refractivity contribution in [2.75, 3.05) is 6.54 Å². The molecule has 0 aliphatic carbocycles. The van der Waals surface area contributed by atoms with Gasteiger partial charge in [0.1, 0.15) is 0 Å². The van der Waals surface area contributed by atoms with Crippen LogP contribution in [0.2, 0.25) is 0 Å². The molecule has 1 aliphatic heterocycles. The Hall–Kier alpha value is -1.86. The second-order valence-corrected chi connectivity index (χ2v) is 5.36. The first-order valence-electron chi connectivity index (χ1n) is 6.75. The number of β-amino-alcohol motifs (C(OH)–C–C–N with tert-alkyl or cyclic N) is 1. The van der Waals surface area contributed by atoms with Crippen LogP contribution in [0.5, 0.6) is 0 Å². The molecule has 0 amide bonds. The summed E-state index contributed by atoms with van der Waals surface area (Å²) >= 11 is 0. The highest BCUT2D eigenvalue weighted by Gasteiger charge is 2.32. The molecule has 21 heavy (non-hydrogen) atoms. The molecule has 2 aromatic rings. The van der Waals surface area contributed by atoms with E-state index in [4.69, 9.17) is 0 Å². The standard InChI is InChI=1S/C14H16F2N4O/c1-19-10(6-17-18-19)7-20-8-11(21)5-14(20)9-2-3-12(15)13(16)4-9/h2-4,6,11,14,21H,5,7-8H2,1H3/t11-,14+/m0/s1. The van der Waals surface area contributed by atoms with E-state index in [1.54, 1.807) is 24.0 Å². The zero-order chi connectivity index (χ0) is 15.0. The van der Waals surface area contributed by atoms with E-state index in [9.17, 15) is 13.9 Å². The molecule has 1 aliphatic rings. The molecule has 0 spiro atoms. The van der Waals surface area contributed by atoms with Crippen molar-refractivity contribution in [2.45, 2.75) is 25.1 Å². The van der Waals surface area contributed by atoms with Crippen LogP contribution >= 0.6 is 0 Å². The lowest BCUT2D eigenvalue weighted by Crippen LogP contribution is -2.25. The van der Waals surface area contributed by atoms with E-state index >= 15 is 0 Å². The third-order valence-corrected chi connectivity index (χ3v) is 3.88. The van der Waals surface area contributed by atoms with Gasteiger partial charge in [0.2, 0.25) is 0 Å². The van der Waals surface area contributed by atoms with Crippen molar-refractivity contribution in [3.05, 3.63) is 47.3 Å². The van der Waals surface area contributed by atoms with Crippen molar-refractivity contribution in [1.82, 2.24) is 19.9 Å². The molecule has 1 aromatic heterocycles. The van der Waals surface area contributed by atoms with Gasteiger partial charge >= 0.3 is 0 Å². The Morgan fingerprint density at radius 1 is 1.33 bits per heavy atom. The Balaban J connectivity index is 1.85. The first-order valence-corrected chi connectivity index (χ1v) is 6.75. The number of nitrogens with zero attached hydrogens (tertiary/aromatic N) is 4. The van der Waals surface area contributed by atoms with Crippen LogP contribution in [-0.2, 0) is 13.6 Å². The average Bonchev–Trinajstić information content (AvgIpc) is 3.00. The van der Waals surface area contributed by atoms with E-state index in [0.717, 1.165) is 11.8 Å². The Labute approximate surface area is 120 Å². The molecule has 0 saturated carbocycles. The summed E-state index contributed by atoms with van der Waals surface area (Å²) in [6.07, 6.45) is 1.67. The monoisotopic (exact) mass is 294 g/mol. The number of aryl methyl sites for hydroxylation is 1. The van der Waals surface area contributed by atoms with Gasteiger partial charge in [-0.05, 0) is 24.1 Å². The van der Waals surface area contributed by atoms with Crippen LogP contribution < -0.4 is 0 Å². The highest BCUT2D eigenvalue weighted by molar-refractivity contribution is 5.23. The Morgan fingerprint density at radius 3 is 2.81 bits per heavy atom. The van der Waals surface area contributed by atoms with Gasteiger partial charge in [0, 0.05) is 26.2 Å². The first kappa shape index (κ1) is 14.1. The van der Waals surface area contributed by atoms with Crippen LogP contribution in [0.3, 0.4) is 0 Å². The average molecular weight is 294 g/mol. The molecular weight excluding hydrogens is 278 g/mol. The van der Waals surface area contributed by atoms with Gasteiger partial charge < -0.3 is 5.11 Å². The number of aromatic nitrogens is 3. The zero-order valence-corrected chi connectivity index (χ0v) is 11.6. The second kappa shape index (κ2) is 5.50. The number of hydrogen-bond donors (Lipinski definition) is 1. The number of halogens is 2. The number of likely N-dealkylation sites (tertiary alicyclic amines) is 1. The van der Waals surface area contributed by atoms with Crippen LogP contribution in [0.1, 0.15) is 23.7 Å². The normalized spacial score (nSPS) is 22.9. The van der Waals surface area contributed by atoms with Crippen molar-refractivity contribution in [3.8, 4) is 0 Å². The Kier molecular flexibility index (Phi) is 3.69. The van der Waals surface area contributed by atoms with Crippen LogP contribution in [0.15, 0.2) is 24.4 Å². The molecule has 1 saturated heterocycles. The topological polar surface area (TPSA) is 54.2 Å². The Morgan fingerprint density at radius 2 is 2.14 bits per heavy atom. The molecular formula is C14H16F2N4O. The number of aliphatic hydroxyl groups is 1. The van der Waals surface area contributed by atoms with E-state index < -0.39 is 17.7 Å². The van der Waals surface area contributed by atoms with E-state index in [-0.39, 0.29) is 6.04 Å². The predicted octanol–water partition coefficient (Wildman–Crippen LogP) is 1.40. The van der Waals surface area contributed by atoms with Gasteiger partial charge in [0.15, 0.2) is 11.6 Å². The molecule has 7 heteroatoms. The molecule has 1 aromatic carbocycles. The van der Waals surface area contributed by atoms with Crippen molar-refractivity contribution in [1.29, 1.82) is 0 Å². The molecule has 0 radical (unpaired) electrons. The maximum absolute atomic E-state index is 13.4. The molecule has 112 valence electrons. The third kappa shape index (κ3) is 2.79. The molecule has 0 unspecified atom stereocenters. The summed E-state index contributed by atoms with van der Waals surface area (Å²) in [5.74, 6) is -1.73. The van der Waals surface area contributed by atoms with Gasteiger partial charge in [-0.2, -0.15) is 0 Å². The number of benzene rings is 1. The molecule has 1 fully saturated rings. The molecule has 0 bridgehead atoms. The molecule has 1 N–H and O–H groups in total. The van der Waals surface area contributed by atoms with E-state index in [0.29, 0.717) is 25.1 Å². The maximum Gasteiger partial charge on any atom is 0.159 e. The summed E-state index contributed by atoms with van der Waals surface area (Å²) < 4.78 is 28.1. The van der Waals surface area contributed by atoms with Gasteiger partial charge in [0.25, 0.3) is 0 Å². The fraction of sp³-hybridized carbons (Fsp3) is 0.429. The van der Waals surface area contributed by atoms with Crippen LogP contribution in [-0.4, -0.2) is 37.6 Å². The fourth-order valence-corrected chi connectivity index (χ4v) is 2.78. The quantitative estimate of drug-likeness (QED) is 0.930. The SMILES string of the molecule is Cn1nncc1CN1C[C@@H](O)C[C@@H]1c1ccc(F)c(F)c1. The summed E-state index contributed by atoms with van der Waals surface area (Å²) in [5.41, 5.74) is 1.57. The lowest BCUT2D eigenvalue weighted by molar-refractivity contribution is 0.171. The summed E-state index contributed by atoms with van der Waals surface area (Å²) in [6.45, 7) is 1.03. The van der Waals surface area contributed by atoms with Gasteiger partial charge in [-0.15, -0.1) is 5.10 Å². The molecule has 3 rings (SSSR count). The van der Waals surface area contributed by atoms with Crippen molar-refractivity contribution >= 4 is 0 Å². The van der Waals surface area contributed by atoms with Crippen molar-refractivity contribution in [3.63, 3.8) is 0 Å². The van der Waals surface area contributed by atoms with Crippen molar-refractivity contribution < 1.29 is 13.9 Å². The minimum Gasteiger partial charge on any atom is -0.392 e. The van der Waals surface area contributed by atoms with E-state index in [1.165, 1.54) is 6.07 Å². The second-order valence-electron chi connectivity index (χ2n) is 5.36. The van der Waals surface area contributed by atoms with Crippen molar-refractivity contribution in [2.24, 2.45) is 7.05 Å². The van der Waals surface area contributed by atoms with E-state index in [2.05, 4.69) is 10.3 Å². The Bertz CT molecular complexity index is 646. The largest absolute Gasteiger partial charge is 0.392 e. The third-order valence-electron chi connectivity index (χ3n) is 3.88. The maximum atomic E-state index is 13.4. The first-order chi connectivity index (χ1) is 10.0. The van der Waals surface area contributed by atoms with Gasteiger partial charge in [0.05, 0.1) is 18.0 Å². The molecule has 2 heterocycles. The van der Waals surface area contributed by atoms with Gasteiger partial charge in [-0.25, -0.2) is 8.78 Å². The van der Waals surface area contributed by atoms with Crippen LogP contribution in [0, 0.1) is 11.6 Å². The highest BCUT2D eigenvalue weighted by atomic mass is 19.2. The number of aliphatic hydroxyl groups excluding tert-OH is 1. The highest BCUT2D eigenvalue weighted by Crippen LogP contribution is 2.33. The molecule has 2 atom stereocenters. The molecule has 5 nitrogen and oxygen atoms in total. The zero-order valence-electron chi connectivity index (χ0n) is 11.6. The van der Waals surface area contributed by atoms with E-state index in [1.807, 2.05) is 4.90 Å². The number of hydrogen-bond acceptors (Lipinski definition) is 4. The summed E-state index contributed by atoms with van der Waals surface area (Å²) in [7, 11) is 1.79. The van der Waals surface area contributed by atoms with Gasteiger partial charge in [-0.3, -0.25) is 9.58 Å². The van der Waals surface area contributed by atoms with Crippen LogP contribution in [0.25, 0.3) is 0 Å². The van der Waals surface area contributed by atoms with Crippen LogP contribution in [0.4, 0.5) is 8.78 Å². The minimum absolute atomic E-state index is 0.148. The summed E-state index contributed by atoms with van der Waals surface area (Å²) in [6, 6.07) is 3.74. The smallest absolute Gasteiger partial charge is 0.159 e. The number of rotatable bonds is 3. The summed E-state index contributed by atoms with van der Waals surface area (Å²) in [5, 5.41) is 17.6. The minimum atomic E-state index is -0.865. The fourth-order valence-electron chi connectivity index (χ4n) is 2.78. The summed E-state index contributed by atoms with van der Waals surface area (Å²) in [4.78, 5) is 2.02. The lowest BCUT2D eigenvalue weighted by Gasteiger charge is -2.24.